The molecule has 1 aliphatic rings. The van der Waals surface area contributed by atoms with E-state index in [1.54, 1.807) is 6.07 Å². The van der Waals surface area contributed by atoms with E-state index in [9.17, 15) is 15.0 Å². The summed E-state index contributed by atoms with van der Waals surface area (Å²) in [6, 6.07) is 4.46. The number of para-hydroxylation sites is 1. The first-order chi connectivity index (χ1) is 7.68. The molecule has 2 N–H and O–H groups in total. The van der Waals surface area contributed by atoms with E-state index in [1.165, 1.54) is 12.1 Å². The Morgan fingerprint density at radius 1 is 1.25 bits per heavy atom. The average molecular weight is 221 g/mol. The first-order valence-corrected chi connectivity index (χ1v) is 5.45. The van der Waals surface area contributed by atoms with Crippen molar-refractivity contribution in [3.63, 3.8) is 0 Å². The fraction of sp³-hybridized carbons (Fsp3) is 0.417. The molecule has 0 saturated carbocycles. The molecule has 0 amide bonds. The van der Waals surface area contributed by atoms with Crippen LogP contribution in [0.5, 0.6) is 11.5 Å². The summed E-state index contributed by atoms with van der Waals surface area (Å²) in [7, 11) is 0. The molecule has 0 aliphatic carbocycles. The molecule has 2 rings (SSSR count). The molecule has 1 heterocycles. The number of aromatic hydroxyl groups is 2. The van der Waals surface area contributed by atoms with Crippen LogP contribution >= 0.6 is 0 Å². The highest BCUT2D eigenvalue weighted by Crippen LogP contribution is 2.28. The predicted molar refractivity (Wildman–Crippen MR) is 59.8 cm³/mol. The van der Waals surface area contributed by atoms with Crippen LogP contribution in [0, 0.1) is 0 Å². The summed E-state index contributed by atoms with van der Waals surface area (Å²) in [5, 5.41) is 18.8. The minimum absolute atomic E-state index is 0.143. The fourth-order valence-corrected chi connectivity index (χ4v) is 1.99. The Morgan fingerprint density at radius 2 is 1.94 bits per heavy atom. The topological polar surface area (TPSA) is 60.8 Å². The van der Waals surface area contributed by atoms with Gasteiger partial charge in [-0.05, 0) is 38.1 Å². The van der Waals surface area contributed by atoms with Crippen molar-refractivity contribution in [3.8, 4) is 11.5 Å². The van der Waals surface area contributed by atoms with Gasteiger partial charge in [-0.2, -0.15) is 0 Å². The molecular weight excluding hydrogens is 206 g/mol. The Hall–Kier alpha value is -1.55. The molecule has 4 nitrogen and oxygen atoms in total. The van der Waals surface area contributed by atoms with E-state index in [0.717, 1.165) is 25.9 Å². The van der Waals surface area contributed by atoms with Crippen molar-refractivity contribution in [2.75, 3.05) is 19.6 Å². The van der Waals surface area contributed by atoms with Crippen molar-refractivity contribution in [1.29, 1.82) is 0 Å². The van der Waals surface area contributed by atoms with Crippen LogP contribution in [-0.2, 0) is 0 Å². The van der Waals surface area contributed by atoms with Crippen LogP contribution in [0.15, 0.2) is 18.2 Å². The van der Waals surface area contributed by atoms with Crippen LogP contribution in [0.2, 0.25) is 0 Å². The molecule has 1 aromatic rings. The van der Waals surface area contributed by atoms with Crippen LogP contribution < -0.4 is 0 Å². The molecule has 0 spiro atoms. The van der Waals surface area contributed by atoms with Gasteiger partial charge in [-0.1, -0.05) is 6.07 Å². The van der Waals surface area contributed by atoms with E-state index in [2.05, 4.69) is 4.90 Å². The van der Waals surface area contributed by atoms with Gasteiger partial charge in [0.05, 0.1) is 12.1 Å². The predicted octanol–water partition coefficient (Wildman–Crippen LogP) is 1.38. The molecule has 0 radical (unpaired) electrons. The third-order valence-corrected chi connectivity index (χ3v) is 2.88. The molecule has 0 bridgehead atoms. The second-order valence-electron chi connectivity index (χ2n) is 4.08. The van der Waals surface area contributed by atoms with Crippen LogP contribution in [-0.4, -0.2) is 40.5 Å². The van der Waals surface area contributed by atoms with Crippen LogP contribution in [0.25, 0.3) is 0 Å². The van der Waals surface area contributed by atoms with Crippen LogP contribution in [0.3, 0.4) is 0 Å². The number of phenolic OH excluding ortho intramolecular Hbond substituents is 2. The summed E-state index contributed by atoms with van der Waals surface area (Å²) in [5.41, 5.74) is 0.201. The number of hydrogen-bond donors (Lipinski definition) is 2. The summed E-state index contributed by atoms with van der Waals surface area (Å²) in [5.74, 6) is -0.700. The lowest BCUT2D eigenvalue weighted by molar-refractivity contribution is 0.0942. The van der Waals surface area contributed by atoms with E-state index in [4.69, 9.17) is 0 Å². The van der Waals surface area contributed by atoms with Crippen molar-refractivity contribution < 1.29 is 15.0 Å². The lowest BCUT2D eigenvalue weighted by atomic mass is 10.1. The number of carbonyl (C=O) groups is 1. The maximum Gasteiger partial charge on any atom is 0.180 e. The maximum absolute atomic E-state index is 11.9. The maximum atomic E-state index is 11.9. The third kappa shape index (κ3) is 2.17. The molecule has 4 heteroatoms. The van der Waals surface area contributed by atoms with E-state index in [1.807, 2.05) is 0 Å². The lowest BCUT2D eigenvalue weighted by Crippen LogP contribution is -2.26. The first kappa shape index (κ1) is 11.0. The zero-order valence-corrected chi connectivity index (χ0v) is 9.02. The molecule has 1 aromatic carbocycles. The number of nitrogens with zero attached hydrogens (tertiary/aromatic N) is 1. The van der Waals surface area contributed by atoms with Gasteiger partial charge in [-0.15, -0.1) is 0 Å². The van der Waals surface area contributed by atoms with Crippen molar-refractivity contribution >= 4 is 5.78 Å². The highest BCUT2D eigenvalue weighted by Gasteiger charge is 2.19. The summed E-state index contributed by atoms with van der Waals surface area (Å²) in [6.45, 7) is 2.19. The van der Waals surface area contributed by atoms with Gasteiger partial charge in [0.1, 0.15) is 0 Å². The molecule has 86 valence electrons. The van der Waals surface area contributed by atoms with Crippen LogP contribution in [0.1, 0.15) is 23.2 Å². The largest absolute Gasteiger partial charge is 0.504 e. The van der Waals surface area contributed by atoms with E-state index < -0.39 is 0 Å². The van der Waals surface area contributed by atoms with Gasteiger partial charge in [0.15, 0.2) is 17.3 Å². The smallest absolute Gasteiger partial charge is 0.180 e. The van der Waals surface area contributed by atoms with Crippen molar-refractivity contribution in [3.05, 3.63) is 23.8 Å². The zero-order valence-electron chi connectivity index (χ0n) is 9.02. The summed E-state index contributed by atoms with van der Waals surface area (Å²) >= 11 is 0. The number of carbonyl (C=O) groups excluding carboxylic acids is 1. The molecule has 0 atom stereocenters. The number of Topliss-reactive ketones (excluding diaryl/α,β-unsaturated/α-hetero) is 1. The number of phenols is 2. The molecule has 0 unspecified atom stereocenters. The Balaban J connectivity index is 2.11. The third-order valence-electron chi connectivity index (χ3n) is 2.88. The van der Waals surface area contributed by atoms with Gasteiger partial charge in [0, 0.05) is 0 Å². The minimum atomic E-state index is -0.313. The van der Waals surface area contributed by atoms with Gasteiger partial charge in [0.25, 0.3) is 0 Å². The SMILES string of the molecule is O=C(CN1CCCC1)c1cccc(O)c1O. The average Bonchev–Trinajstić information content (AvgIpc) is 2.74. The van der Waals surface area contributed by atoms with Gasteiger partial charge in [-0.3, -0.25) is 9.69 Å². The summed E-state index contributed by atoms with van der Waals surface area (Å²) in [4.78, 5) is 13.9. The van der Waals surface area contributed by atoms with Crippen LogP contribution in [0.4, 0.5) is 0 Å². The number of likely N-dealkylation sites (tertiary alicyclic amines) is 1. The first-order valence-electron chi connectivity index (χ1n) is 5.45. The normalized spacial score (nSPS) is 16.5. The Labute approximate surface area is 94.1 Å². The number of rotatable bonds is 3. The van der Waals surface area contributed by atoms with E-state index >= 15 is 0 Å². The van der Waals surface area contributed by atoms with Crippen molar-refractivity contribution in [1.82, 2.24) is 4.90 Å². The molecule has 16 heavy (non-hydrogen) atoms. The number of hydrogen-bond acceptors (Lipinski definition) is 4. The quantitative estimate of drug-likeness (QED) is 0.598. The van der Waals surface area contributed by atoms with E-state index in [0.29, 0.717) is 6.54 Å². The molecular formula is C12H15NO3. The van der Waals surface area contributed by atoms with Gasteiger partial charge >= 0.3 is 0 Å². The number of benzene rings is 1. The minimum Gasteiger partial charge on any atom is -0.504 e. The summed E-state index contributed by atoms with van der Waals surface area (Å²) < 4.78 is 0. The Morgan fingerprint density at radius 3 is 2.62 bits per heavy atom. The Bertz CT molecular complexity index is 397. The number of ketones is 1. The second-order valence-corrected chi connectivity index (χ2v) is 4.08. The monoisotopic (exact) mass is 221 g/mol. The summed E-state index contributed by atoms with van der Waals surface area (Å²) in [6.07, 6.45) is 2.25. The molecule has 1 fully saturated rings. The molecule has 1 aliphatic heterocycles. The Kier molecular flexibility index (Phi) is 3.10. The standard InChI is InChI=1S/C12H15NO3/c14-10-5-3-4-9(12(10)16)11(15)8-13-6-1-2-7-13/h3-5,14,16H,1-2,6-8H2. The van der Waals surface area contributed by atoms with E-state index in [-0.39, 0.29) is 22.8 Å². The highest BCUT2D eigenvalue weighted by molar-refractivity contribution is 6.00. The van der Waals surface area contributed by atoms with Crippen molar-refractivity contribution in [2.45, 2.75) is 12.8 Å². The second kappa shape index (κ2) is 4.53. The highest BCUT2D eigenvalue weighted by atomic mass is 16.3. The fourth-order valence-electron chi connectivity index (χ4n) is 1.99. The molecule has 1 saturated heterocycles. The van der Waals surface area contributed by atoms with Gasteiger partial charge in [-0.25, -0.2) is 0 Å². The zero-order chi connectivity index (χ0) is 11.5. The van der Waals surface area contributed by atoms with Crippen molar-refractivity contribution in [2.24, 2.45) is 0 Å². The lowest BCUT2D eigenvalue weighted by Gasteiger charge is -2.13. The van der Waals surface area contributed by atoms with Gasteiger partial charge in [0.2, 0.25) is 0 Å². The van der Waals surface area contributed by atoms with Gasteiger partial charge < -0.3 is 10.2 Å². The molecule has 0 aromatic heterocycles.